The summed E-state index contributed by atoms with van der Waals surface area (Å²) in [6, 6.07) is 9.21. The van der Waals surface area contributed by atoms with Crippen molar-refractivity contribution in [2.75, 3.05) is 19.6 Å². The van der Waals surface area contributed by atoms with Gasteiger partial charge in [0.2, 0.25) is 5.91 Å². The van der Waals surface area contributed by atoms with Crippen molar-refractivity contribution in [1.82, 2.24) is 19.6 Å². The number of carbonyl (C=O) groups excluding carboxylic acids is 1. The van der Waals surface area contributed by atoms with Crippen LogP contribution in [0.4, 0.5) is 4.39 Å². The van der Waals surface area contributed by atoms with Gasteiger partial charge in [0.1, 0.15) is 5.82 Å². The van der Waals surface area contributed by atoms with Gasteiger partial charge in [0.15, 0.2) is 0 Å². The molecule has 3 heterocycles. The Morgan fingerprint density at radius 3 is 2.92 bits per heavy atom. The SMILES string of the molecule is O=C1CCCN1CC[C@H]1CN(Cc2ccccc2F)Cc2ccnn21. The maximum atomic E-state index is 14.0. The maximum Gasteiger partial charge on any atom is 0.222 e. The molecule has 1 fully saturated rings. The van der Waals surface area contributed by atoms with Crippen molar-refractivity contribution in [3.05, 3.63) is 53.6 Å². The molecule has 0 spiro atoms. The van der Waals surface area contributed by atoms with Gasteiger partial charge >= 0.3 is 0 Å². The molecule has 0 radical (unpaired) electrons. The van der Waals surface area contributed by atoms with Crippen molar-refractivity contribution in [2.45, 2.75) is 38.4 Å². The third kappa shape index (κ3) is 3.44. The summed E-state index contributed by atoms with van der Waals surface area (Å²) in [5, 5.41) is 4.47. The Balaban J connectivity index is 1.46. The first-order chi connectivity index (χ1) is 12.2. The minimum atomic E-state index is -0.152. The van der Waals surface area contributed by atoms with E-state index in [9.17, 15) is 9.18 Å². The molecule has 25 heavy (non-hydrogen) atoms. The van der Waals surface area contributed by atoms with E-state index in [0.717, 1.165) is 50.3 Å². The van der Waals surface area contributed by atoms with Gasteiger partial charge in [-0.25, -0.2) is 4.39 Å². The first kappa shape index (κ1) is 16.3. The Morgan fingerprint density at radius 2 is 2.12 bits per heavy atom. The number of likely N-dealkylation sites (tertiary alicyclic amines) is 1. The molecule has 2 aliphatic heterocycles. The van der Waals surface area contributed by atoms with Crippen LogP contribution in [0.25, 0.3) is 0 Å². The van der Waals surface area contributed by atoms with E-state index in [1.54, 1.807) is 6.07 Å². The van der Waals surface area contributed by atoms with Gasteiger partial charge < -0.3 is 4.90 Å². The van der Waals surface area contributed by atoms with E-state index < -0.39 is 0 Å². The first-order valence-electron chi connectivity index (χ1n) is 8.96. The number of nitrogens with zero attached hydrogens (tertiary/aromatic N) is 4. The molecular weight excluding hydrogens is 319 g/mol. The number of fused-ring (bicyclic) bond motifs is 1. The third-order valence-electron chi connectivity index (χ3n) is 5.21. The average Bonchev–Trinajstić information content (AvgIpc) is 3.23. The van der Waals surface area contributed by atoms with Crippen molar-refractivity contribution >= 4 is 5.91 Å². The molecule has 4 rings (SSSR count). The van der Waals surface area contributed by atoms with Gasteiger partial charge in [-0.15, -0.1) is 0 Å². The van der Waals surface area contributed by atoms with Crippen molar-refractivity contribution < 1.29 is 9.18 Å². The average molecular weight is 342 g/mol. The van der Waals surface area contributed by atoms with E-state index in [4.69, 9.17) is 0 Å². The molecule has 0 N–H and O–H groups in total. The zero-order valence-corrected chi connectivity index (χ0v) is 14.3. The Labute approximate surface area is 147 Å². The second kappa shape index (κ2) is 6.96. The van der Waals surface area contributed by atoms with E-state index in [0.29, 0.717) is 13.0 Å². The summed E-state index contributed by atoms with van der Waals surface area (Å²) >= 11 is 0. The molecule has 2 aliphatic rings. The Morgan fingerprint density at radius 1 is 1.24 bits per heavy atom. The summed E-state index contributed by atoms with van der Waals surface area (Å²) in [5.41, 5.74) is 1.88. The number of aromatic nitrogens is 2. The van der Waals surface area contributed by atoms with Crippen LogP contribution in [0.2, 0.25) is 0 Å². The molecule has 6 heteroatoms. The van der Waals surface area contributed by atoms with Gasteiger partial charge in [0, 0.05) is 50.9 Å². The van der Waals surface area contributed by atoms with E-state index in [1.807, 2.05) is 29.3 Å². The van der Waals surface area contributed by atoms with E-state index in [-0.39, 0.29) is 17.8 Å². The van der Waals surface area contributed by atoms with Crippen molar-refractivity contribution in [2.24, 2.45) is 0 Å². The molecule has 1 atom stereocenters. The van der Waals surface area contributed by atoms with Crippen molar-refractivity contribution in [3.63, 3.8) is 0 Å². The molecule has 1 aromatic heterocycles. The first-order valence-corrected chi connectivity index (χ1v) is 8.96. The lowest BCUT2D eigenvalue weighted by Crippen LogP contribution is -2.39. The smallest absolute Gasteiger partial charge is 0.222 e. The van der Waals surface area contributed by atoms with E-state index in [1.165, 1.54) is 6.07 Å². The Bertz CT molecular complexity index is 759. The lowest BCUT2D eigenvalue weighted by molar-refractivity contribution is -0.127. The highest BCUT2D eigenvalue weighted by atomic mass is 19.1. The number of hydrogen-bond donors (Lipinski definition) is 0. The quantitative estimate of drug-likeness (QED) is 0.839. The van der Waals surface area contributed by atoms with Gasteiger partial charge in [-0.2, -0.15) is 5.10 Å². The highest BCUT2D eigenvalue weighted by molar-refractivity contribution is 5.77. The number of halogens is 1. The predicted molar refractivity (Wildman–Crippen MR) is 92.2 cm³/mol. The topological polar surface area (TPSA) is 41.4 Å². The maximum absolute atomic E-state index is 14.0. The van der Waals surface area contributed by atoms with Crippen LogP contribution >= 0.6 is 0 Å². The number of benzene rings is 1. The van der Waals surface area contributed by atoms with Gasteiger partial charge in [0.05, 0.1) is 11.7 Å². The molecule has 1 aromatic carbocycles. The highest BCUT2D eigenvalue weighted by Gasteiger charge is 2.28. The number of carbonyl (C=O) groups is 1. The summed E-state index contributed by atoms with van der Waals surface area (Å²) < 4.78 is 16.1. The summed E-state index contributed by atoms with van der Waals surface area (Å²) in [7, 11) is 0. The molecule has 0 unspecified atom stereocenters. The monoisotopic (exact) mass is 342 g/mol. The third-order valence-corrected chi connectivity index (χ3v) is 5.21. The van der Waals surface area contributed by atoms with Crippen LogP contribution in [-0.2, 0) is 17.9 Å². The fourth-order valence-corrected chi connectivity index (χ4v) is 3.91. The largest absolute Gasteiger partial charge is 0.343 e. The molecule has 0 saturated carbocycles. The molecule has 132 valence electrons. The molecule has 5 nitrogen and oxygen atoms in total. The minimum Gasteiger partial charge on any atom is -0.343 e. The molecule has 0 aliphatic carbocycles. The fourth-order valence-electron chi connectivity index (χ4n) is 3.91. The second-order valence-corrected chi connectivity index (χ2v) is 6.95. The molecule has 2 aromatic rings. The van der Waals surface area contributed by atoms with E-state index in [2.05, 4.69) is 14.7 Å². The summed E-state index contributed by atoms with van der Waals surface area (Å²) in [5.74, 6) is 0.112. The molecule has 1 amide bonds. The normalized spacial score (nSPS) is 20.9. The van der Waals surface area contributed by atoms with Crippen LogP contribution in [0.15, 0.2) is 36.5 Å². The van der Waals surface area contributed by atoms with Crippen molar-refractivity contribution in [1.29, 1.82) is 0 Å². The summed E-state index contributed by atoms with van der Waals surface area (Å²) in [4.78, 5) is 16.1. The molecule has 0 bridgehead atoms. The zero-order chi connectivity index (χ0) is 17.2. The van der Waals surface area contributed by atoms with Crippen LogP contribution < -0.4 is 0 Å². The molecule has 1 saturated heterocycles. The van der Waals surface area contributed by atoms with E-state index >= 15 is 0 Å². The lowest BCUT2D eigenvalue weighted by Gasteiger charge is -2.34. The fraction of sp³-hybridized carbons (Fsp3) is 0.474. The number of amides is 1. The van der Waals surface area contributed by atoms with Gasteiger partial charge in [-0.05, 0) is 25.0 Å². The Kier molecular flexibility index (Phi) is 4.53. The van der Waals surface area contributed by atoms with Crippen LogP contribution in [0.5, 0.6) is 0 Å². The standard InChI is InChI=1S/C19H23FN4O/c20-18-5-2-1-4-15(18)12-22-13-16-7-9-21-24(16)17(14-22)8-11-23-10-3-6-19(23)25/h1-2,4-5,7,9,17H,3,6,8,10-14H2/t17-/m0/s1. The van der Waals surface area contributed by atoms with Crippen LogP contribution in [0.1, 0.15) is 36.6 Å². The van der Waals surface area contributed by atoms with Gasteiger partial charge in [-0.1, -0.05) is 18.2 Å². The minimum absolute atomic E-state index is 0.152. The number of hydrogen-bond acceptors (Lipinski definition) is 3. The highest BCUT2D eigenvalue weighted by Crippen LogP contribution is 2.25. The van der Waals surface area contributed by atoms with Gasteiger partial charge in [0.25, 0.3) is 0 Å². The van der Waals surface area contributed by atoms with Gasteiger partial charge in [-0.3, -0.25) is 14.4 Å². The van der Waals surface area contributed by atoms with Crippen LogP contribution in [-0.4, -0.2) is 45.1 Å². The van der Waals surface area contributed by atoms with Crippen LogP contribution in [0, 0.1) is 5.82 Å². The zero-order valence-electron chi connectivity index (χ0n) is 14.3. The van der Waals surface area contributed by atoms with Crippen LogP contribution in [0.3, 0.4) is 0 Å². The summed E-state index contributed by atoms with van der Waals surface area (Å²) in [6.45, 7) is 3.84. The van der Waals surface area contributed by atoms with Crippen molar-refractivity contribution in [3.8, 4) is 0 Å². The Hall–Kier alpha value is -2.21. The second-order valence-electron chi connectivity index (χ2n) is 6.95. The predicted octanol–water partition coefficient (Wildman–Crippen LogP) is 2.59. The lowest BCUT2D eigenvalue weighted by atomic mass is 10.1. The summed E-state index contributed by atoms with van der Waals surface area (Å²) in [6.07, 6.45) is 4.36. The number of rotatable bonds is 5. The molecular formula is C19H23FN4O.